The first-order chi connectivity index (χ1) is 7.02. The topological polar surface area (TPSA) is 108 Å². The summed E-state index contributed by atoms with van der Waals surface area (Å²) >= 11 is 0. The molecular formula is C7H7N2NaO5S. The molecular weight excluding hydrogens is 247 g/mol. The molecule has 0 aromatic heterocycles. The van der Waals surface area contributed by atoms with E-state index in [-0.39, 0.29) is 34.5 Å². The molecule has 0 fully saturated rings. The number of benzene rings is 1. The predicted octanol–water partition coefficient (Wildman–Crippen LogP) is -4.25. The zero-order valence-corrected chi connectivity index (χ0v) is 11.2. The molecule has 0 aliphatic rings. The van der Waals surface area contributed by atoms with Crippen LogP contribution in [0.5, 0.6) is 0 Å². The molecule has 0 radical (unpaired) electrons. The minimum Gasteiger partial charge on any atom is -0.453 e. The van der Waals surface area contributed by atoms with Crippen LogP contribution in [0.2, 0.25) is 0 Å². The maximum absolute atomic E-state index is 11.3. The Kier molecular flexibility index (Phi) is 6.56. The molecule has 1 aromatic rings. The van der Waals surface area contributed by atoms with E-state index in [0.29, 0.717) is 0 Å². The Labute approximate surface area is 114 Å². The predicted molar refractivity (Wildman–Crippen MR) is 46.4 cm³/mol. The van der Waals surface area contributed by atoms with Gasteiger partial charge in [-0.2, -0.15) is 0 Å². The third-order valence-electron chi connectivity index (χ3n) is 1.36. The Morgan fingerprint density at radius 1 is 1.25 bits per heavy atom. The van der Waals surface area contributed by atoms with Gasteiger partial charge in [0.15, 0.2) is 0 Å². The van der Waals surface area contributed by atoms with E-state index < -0.39 is 16.2 Å². The second-order valence-corrected chi connectivity index (χ2v) is 4.06. The molecule has 9 heteroatoms. The summed E-state index contributed by atoms with van der Waals surface area (Å²) in [5.74, 6) is 0. The van der Waals surface area contributed by atoms with E-state index in [1.807, 2.05) is 0 Å². The summed E-state index contributed by atoms with van der Waals surface area (Å²) in [5, 5.41) is 9.79. The zero-order valence-electron chi connectivity index (χ0n) is 8.34. The number of carbonyl (C=O) groups excluding carboxylic acids is 1. The number of nitrogens with one attached hydrogen (secondary N) is 2. The van der Waals surface area contributed by atoms with Crippen molar-refractivity contribution in [1.29, 1.82) is 0 Å². The van der Waals surface area contributed by atoms with Crippen molar-refractivity contribution in [3.8, 4) is 0 Å². The molecule has 82 valence electrons. The van der Waals surface area contributed by atoms with Crippen LogP contribution in [0.25, 0.3) is 0 Å². The minimum atomic E-state index is -3.83. The van der Waals surface area contributed by atoms with Crippen LogP contribution in [0.15, 0.2) is 35.2 Å². The second kappa shape index (κ2) is 6.84. The smallest absolute Gasteiger partial charge is 0.453 e. The van der Waals surface area contributed by atoms with Crippen LogP contribution < -0.4 is 45.1 Å². The standard InChI is InChI=1S/C7H8N2O5S.Na/c10-7(11)14-8-9-15(12,13)6-4-2-1-3-5-6;/h1-5,8-9H,(H,10,11);/q;+1/p-1. The maximum atomic E-state index is 11.3. The first kappa shape index (κ1) is 15.4. The van der Waals surface area contributed by atoms with Gasteiger partial charge in [0.25, 0.3) is 16.2 Å². The monoisotopic (exact) mass is 254 g/mol. The average molecular weight is 254 g/mol. The van der Waals surface area contributed by atoms with Gasteiger partial charge in [-0.05, 0) is 12.1 Å². The first-order valence-corrected chi connectivity index (χ1v) is 5.20. The van der Waals surface area contributed by atoms with Gasteiger partial charge in [-0.25, -0.2) is 8.42 Å². The molecule has 0 aliphatic heterocycles. The van der Waals surface area contributed by atoms with Gasteiger partial charge in [-0.15, -0.1) is 10.4 Å². The van der Waals surface area contributed by atoms with E-state index in [9.17, 15) is 18.3 Å². The summed E-state index contributed by atoms with van der Waals surface area (Å²) in [6.07, 6.45) is -1.90. The first-order valence-electron chi connectivity index (χ1n) is 3.72. The number of hydrogen-bond acceptors (Lipinski definition) is 6. The van der Waals surface area contributed by atoms with Crippen molar-refractivity contribution in [3.05, 3.63) is 30.3 Å². The molecule has 0 bridgehead atoms. The van der Waals surface area contributed by atoms with E-state index in [1.54, 1.807) is 10.9 Å². The van der Waals surface area contributed by atoms with Gasteiger partial charge >= 0.3 is 29.6 Å². The Morgan fingerprint density at radius 3 is 2.31 bits per heavy atom. The Hall–Kier alpha value is -0.640. The normalized spacial score (nSPS) is 10.2. The van der Waals surface area contributed by atoms with Crippen molar-refractivity contribution in [2.24, 2.45) is 0 Å². The van der Waals surface area contributed by atoms with Crippen molar-refractivity contribution >= 4 is 16.2 Å². The van der Waals surface area contributed by atoms with Crippen LogP contribution in [-0.4, -0.2) is 14.6 Å². The molecule has 7 nitrogen and oxygen atoms in total. The van der Waals surface area contributed by atoms with Crippen molar-refractivity contribution < 1.29 is 52.7 Å². The Morgan fingerprint density at radius 2 is 1.81 bits per heavy atom. The average Bonchev–Trinajstić information content (AvgIpc) is 2.18. The van der Waals surface area contributed by atoms with E-state index in [2.05, 4.69) is 4.84 Å². The third kappa shape index (κ3) is 4.92. The molecule has 1 aromatic carbocycles. The summed E-state index contributed by atoms with van der Waals surface area (Å²) in [6.45, 7) is 0. The van der Waals surface area contributed by atoms with E-state index in [1.165, 1.54) is 29.9 Å². The zero-order chi connectivity index (χ0) is 11.3. The molecule has 0 saturated heterocycles. The second-order valence-electron chi connectivity index (χ2n) is 2.37. The molecule has 0 saturated carbocycles. The van der Waals surface area contributed by atoms with Crippen LogP contribution in [0.3, 0.4) is 0 Å². The number of hydrogen-bond donors (Lipinski definition) is 2. The number of hydrazine groups is 1. The summed E-state index contributed by atoms with van der Waals surface area (Å²) < 4.78 is 22.7. The van der Waals surface area contributed by atoms with Gasteiger partial charge in [0.2, 0.25) is 0 Å². The fourth-order valence-corrected chi connectivity index (χ4v) is 1.56. The molecule has 0 spiro atoms. The number of carboxylic acid groups (broad SMARTS) is 1. The van der Waals surface area contributed by atoms with Gasteiger partial charge in [-0.1, -0.05) is 18.2 Å². The van der Waals surface area contributed by atoms with Crippen molar-refractivity contribution in [1.82, 2.24) is 10.4 Å². The third-order valence-corrected chi connectivity index (χ3v) is 2.61. The van der Waals surface area contributed by atoms with E-state index in [4.69, 9.17) is 0 Å². The van der Waals surface area contributed by atoms with Crippen molar-refractivity contribution in [2.45, 2.75) is 4.90 Å². The van der Waals surface area contributed by atoms with Crippen LogP contribution in [0.1, 0.15) is 0 Å². The quantitative estimate of drug-likeness (QED) is 0.416. The SMILES string of the molecule is O=C([O-])ONNS(=O)(=O)c1ccccc1.[Na+]. The van der Waals surface area contributed by atoms with Gasteiger partial charge in [-0.3, -0.25) is 0 Å². The number of sulfonamides is 1. The van der Waals surface area contributed by atoms with Crippen molar-refractivity contribution in [3.63, 3.8) is 0 Å². The Bertz CT molecular complexity index is 435. The molecule has 0 heterocycles. The van der Waals surface area contributed by atoms with Crippen molar-refractivity contribution in [2.75, 3.05) is 0 Å². The molecule has 16 heavy (non-hydrogen) atoms. The fraction of sp³-hybridized carbons (Fsp3) is 0. The van der Waals surface area contributed by atoms with Crippen LogP contribution in [0, 0.1) is 0 Å². The van der Waals surface area contributed by atoms with E-state index >= 15 is 0 Å². The van der Waals surface area contributed by atoms with Gasteiger partial charge in [0.1, 0.15) is 0 Å². The summed E-state index contributed by atoms with van der Waals surface area (Å²) in [7, 11) is -3.83. The molecule has 0 unspecified atom stereocenters. The van der Waals surface area contributed by atoms with Crippen LogP contribution >= 0.6 is 0 Å². The minimum absolute atomic E-state index is 0. The summed E-state index contributed by atoms with van der Waals surface area (Å²) in [5.41, 5.74) is 1.52. The maximum Gasteiger partial charge on any atom is 1.00 e. The molecule has 2 N–H and O–H groups in total. The summed E-state index contributed by atoms with van der Waals surface area (Å²) in [4.78, 5) is 15.1. The van der Waals surface area contributed by atoms with Gasteiger partial charge in [0.05, 0.1) is 4.90 Å². The molecule has 0 amide bonds. The van der Waals surface area contributed by atoms with E-state index in [0.717, 1.165) is 0 Å². The van der Waals surface area contributed by atoms with Crippen LogP contribution in [-0.2, 0) is 14.9 Å². The van der Waals surface area contributed by atoms with Crippen LogP contribution in [0.4, 0.5) is 4.79 Å². The Balaban J connectivity index is 0.00000225. The number of rotatable bonds is 4. The molecule has 1 rings (SSSR count). The van der Waals surface area contributed by atoms with Gasteiger partial charge in [0, 0.05) is 0 Å². The molecule has 0 atom stereocenters. The largest absolute Gasteiger partial charge is 1.00 e. The molecule has 0 aliphatic carbocycles. The summed E-state index contributed by atoms with van der Waals surface area (Å²) in [6, 6.07) is 7.36. The fourth-order valence-electron chi connectivity index (χ4n) is 0.776. The van der Waals surface area contributed by atoms with Gasteiger partial charge < -0.3 is 14.7 Å². The number of carbonyl (C=O) groups is 1.